The van der Waals surface area contributed by atoms with E-state index in [4.69, 9.17) is 4.43 Å². The molecule has 0 saturated carbocycles. The average molecular weight is 266 g/mol. The molecule has 0 amide bonds. The summed E-state index contributed by atoms with van der Waals surface area (Å²) in [7, 11) is -3.35. The molecule has 1 aromatic carbocycles. The first-order valence-electron chi connectivity index (χ1n) is 6.21. The summed E-state index contributed by atoms with van der Waals surface area (Å²) in [6, 6.07) is 5.39. The van der Waals surface area contributed by atoms with Gasteiger partial charge < -0.3 is 14.5 Å². The van der Waals surface area contributed by atoms with Gasteiger partial charge in [0.2, 0.25) is 8.32 Å². The summed E-state index contributed by atoms with van der Waals surface area (Å²) in [5.41, 5.74) is 1.31. The smallest absolute Gasteiger partial charge is 0.488 e. The number of benzene rings is 1. The van der Waals surface area contributed by atoms with E-state index >= 15 is 0 Å². The maximum Gasteiger partial charge on any atom is 0.488 e. The van der Waals surface area contributed by atoms with Crippen molar-refractivity contribution in [2.45, 2.75) is 45.8 Å². The highest BCUT2D eigenvalue weighted by Crippen LogP contribution is 2.37. The van der Waals surface area contributed by atoms with Crippen LogP contribution in [0.2, 0.25) is 18.1 Å². The Labute approximate surface area is 111 Å². The van der Waals surface area contributed by atoms with E-state index in [1.165, 1.54) is 0 Å². The second-order valence-corrected chi connectivity index (χ2v) is 10.9. The van der Waals surface area contributed by atoms with E-state index < -0.39 is 15.4 Å². The topological polar surface area (TPSA) is 49.7 Å². The molecule has 0 fully saturated rings. The largest absolute Gasteiger partial charge is 0.543 e. The van der Waals surface area contributed by atoms with Crippen molar-refractivity contribution in [2.75, 3.05) is 0 Å². The molecule has 0 spiro atoms. The number of hydrogen-bond donors (Lipinski definition) is 2. The number of hydrogen-bond acceptors (Lipinski definition) is 3. The Morgan fingerprint density at radius 2 is 1.72 bits per heavy atom. The molecule has 0 aliphatic heterocycles. The maximum atomic E-state index is 9.30. The summed E-state index contributed by atoms with van der Waals surface area (Å²) in [5.74, 6) is 0.757. The summed E-state index contributed by atoms with van der Waals surface area (Å²) >= 11 is 0. The van der Waals surface area contributed by atoms with Gasteiger partial charge in [0.05, 0.1) is 0 Å². The van der Waals surface area contributed by atoms with Crippen molar-refractivity contribution in [3.63, 3.8) is 0 Å². The number of rotatable bonds is 3. The average Bonchev–Trinajstić information content (AvgIpc) is 2.18. The Morgan fingerprint density at radius 1 is 1.17 bits per heavy atom. The molecule has 0 bridgehead atoms. The van der Waals surface area contributed by atoms with E-state index in [0.717, 1.165) is 11.3 Å². The summed E-state index contributed by atoms with van der Waals surface area (Å²) in [6.07, 6.45) is 0. The molecule has 0 saturated heterocycles. The van der Waals surface area contributed by atoms with E-state index in [9.17, 15) is 10.0 Å². The van der Waals surface area contributed by atoms with Crippen molar-refractivity contribution < 1.29 is 14.5 Å². The van der Waals surface area contributed by atoms with Gasteiger partial charge >= 0.3 is 7.12 Å². The monoisotopic (exact) mass is 266 g/mol. The minimum absolute atomic E-state index is 0.118. The zero-order chi connectivity index (χ0) is 14.1. The lowest BCUT2D eigenvalue weighted by atomic mass is 9.77. The fourth-order valence-corrected chi connectivity index (χ4v) is 2.53. The van der Waals surface area contributed by atoms with Crippen molar-refractivity contribution in [3.05, 3.63) is 23.8 Å². The standard InChI is InChI=1S/C13H23BO3Si/c1-10-11(14(15)16)8-7-9-12(10)17-18(5,6)13(2,3)4/h7-9,15-16H,1-6H3. The molecule has 100 valence electrons. The summed E-state index contributed by atoms with van der Waals surface area (Å²) in [4.78, 5) is 0. The second-order valence-electron chi connectivity index (χ2n) is 6.21. The molecule has 0 aromatic heterocycles. The van der Waals surface area contributed by atoms with Gasteiger partial charge in [-0.25, -0.2) is 0 Å². The summed E-state index contributed by atoms with van der Waals surface area (Å²) < 4.78 is 6.20. The van der Waals surface area contributed by atoms with Crippen LogP contribution in [0.4, 0.5) is 0 Å². The Balaban J connectivity index is 3.10. The fourth-order valence-electron chi connectivity index (χ4n) is 1.45. The van der Waals surface area contributed by atoms with Crippen molar-refractivity contribution in [1.82, 2.24) is 0 Å². The first-order chi connectivity index (χ1) is 8.06. The minimum atomic E-state index is -1.90. The van der Waals surface area contributed by atoms with Gasteiger partial charge in [0, 0.05) is 0 Å². The van der Waals surface area contributed by atoms with Gasteiger partial charge in [-0.15, -0.1) is 0 Å². The quantitative estimate of drug-likeness (QED) is 0.823. The lowest BCUT2D eigenvalue weighted by Crippen LogP contribution is -2.44. The molecule has 0 radical (unpaired) electrons. The predicted octanol–water partition coefficient (Wildman–Crippen LogP) is 2.06. The third-order valence-corrected chi connectivity index (χ3v) is 8.12. The van der Waals surface area contributed by atoms with E-state index in [1.54, 1.807) is 12.1 Å². The molecular weight excluding hydrogens is 243 g/mol. The van der Waals surface area contributed by atoms with Gasteiger partial charge in [-0.05, 0) is 42.1 Å². The van der Waals surface area contributed by atoms with Crippen LogP contribution in [0.5, 0.6) is 5.75 Å². The lowest BCUT2D eigenvalue weighted by Gasteiger charge is -2.37. The van der Waals surface area contributed by atoms with Crippen LogP contribution in [0.3, 0.4) is 0 Å². The maximum absolute atomic E-state index is 9.30. The van der Waals surface area contributed by atoms with E-state index in [2.05, 4.69) is 33.9 Å². The van der Waals surface area contributed by atoms with E-state index in [1.807, 2.05) is 13.0 Å². The van der Waals surface area contributed by atoms with Crippen LogP contribution in [-0.4, -0.2) is 25.5 Å². The van der Waals surface area contributed by atoms with Crippen molar-refractivity contribution >= 4 is 20.9 Å². The Kier molecular flexibility index (Phi) is 4.31. The lowest BCUT2D eigenvalue weighted by molar-refractivity contribution is 0.425. The second kappa shape index (κ2) is 5.07. The fraction of sp³-hybridized carbons (Fsp3) is 0.538. The third kappa shape index (κ3) is 3.16. The van der Waals surface area contributed by atoms with Crippen molar-refractivity contribution in [1.29, 1.82) is 0 Å². The third-order valence-electron chi connectivity index (χ3n) is 3.78. The summed E-state index contributed by atoms with van der Waals surface area (Å²) in [5, 5.41) is 18.7. The van der Waals surface area contributed by atoms with Crippen LogP contribution in [-0.2, 0) is 0 Å². The molecule has 0 heterocycles. The molecule has 1 rings (SSSR count). The molecule has 1 aromatic rings. The van der Waals surface area contributed by atoms with Gasteiger partial charge in [-0.2, -0.15) is 0 Å². The molecule has 5 heteroatoms. The Morgan fingerprint density at radius 3 is 2.17 bits per heavy atom. The Bertz CT molecular complexity index is 425. The first-order valence-corrected chi connectivity index (χ1v) is 9.12. The van der Waals surface area contributed by atoms with Crippen LogP contribution < -0.4 is 9.89 Å². The molecule has 3 nitrogen and oxygen atoms in total. The SMILES string of the molecule is Cc1c(O[Si](C)(C)C(C)(C)C)cccc1B(O)O. The Hall–Kier alpha value is -0.778. The van der Waals surface area contributed by atoms with Gasteiger partial charge in [-0.1, -0.05) is 32.9 Å². The minimum Gasteiger partial charge on any atom is -0.543 e. The molecule has 0 aliphatic carbocycles. The molecular formula is C13H23BO3Si. The van der Waals surface area contributed by atoms with Crippen LogP contribution >= 0.6 is 0 Å². The van der Waals surface area contributed by atoms with Crippen molar-refractivity contribution in [2.24, 2.45) is 0 Å². The van der Waals surface area contributed by atoms with E-state index in [-0.39, 0.29) is 5.04 Å². The van der Waals surface area contributed by atoms with Gasteiger partial charge in [0.25, 0.3) is 0 Å². The van der Waals surface area contributed by atoms with Gasteiger partial charge in [0.15, 0.2) is 0 Å². The van der Waals surface area contributed by atoms with Gasteiger partial charge in [-0.3, -0.25) is 0 Å². The highest BCUT2D eigenvalue weighted by Gasteiger charge is 2.39. The van der Waals surface area contributed by atoms with Crippen molar-refractivity contribution in [3.8, 4) is 5.75 Å². The van der Waals surface area contributed by atoms with Crippen LogP contribution in [0.1, 0.15) is 26.3 Å². The zero-order valence-corrected chi connectivity index (χ0v) is 13.1. The molecule has 0 unspecified atom stereocenters. The highest BCUT2D eigenvalue weighted by molar-refractivity contribution is 6.74. The normalized spacial score (nSPS) is 12.4. The summed E-state index contributed by atoms with van der Waals surface area (Å²) in [6.45, 7) is 12.7. The van der Waals surface area contributed by atoms with Gasteiger partial charge in [0.1, 0.15) is 5.75 Å². The van der Waals surface area contributed by atoms with Crippen LogP contribution in [0.15, 0.2) is 18.2 Å². The van der Waals surface area contributed by atoms with Crippen LogP contribution in [0.25, 0.3) is 0 Å². The van der Waals surface area contributed by atoms with E-state index in [0.29, 0.717) is 5.46 Å². The molecule has 0 aliphatic rings. The molecule has 2 N–H and O–H groups in total. The first kappa shape index (κ1) is 15.3. The molecule has 0 atom stereocenters. The molecule has 18 heavy (non-hydrogen) atoms. The highest BCUT2D eigenvalue weighted by atomic mass is 28.4. The van der Waals surface area contributed by atoms with Crippen LogP contribution in [0, 0.1) is 6.92 Å². The zero-order valence-electron chi connectivity index (χ0n) is 12.1. The predicted molar refractivity (Wildman–Crippen MR) is 78.8 cm³/mol.